The van der Waals surface area contributed by atoms with Crippen LogP contribution in [-0.4, -0.2) is 57.1 Å². The smallest absolute Gasteiger partial charge is 0.161 e. The van der Waals surface area contributed by atoms with E-state index in [4.69, 9.17) is 4.98 Å². The van der Waals surface area contributed by atoms with Gasteiger partial charge in [-0.15, -0.1) is 0 Å². The number of imidazole rings is 1. The minimum Gasteiger partial charge on any atom is -0.300 e. The van der Waals surface area contributed by atoms with Crippen LogP contribution >= 0.6 is 0 Å². The van der Waals surface area contributed by atoms with Crippen LogP contribution in [0.4, 0.5) is 0 Å². The molecule has 2 aromatic rings. The molecule has 2 saturated heterocycles. The molecular formula is C18H27N5. The summed E-state index contributed by atoms with van der Waals surface area (Å²) in [4.78, 5) is 14.7. The summed E-state index contributed by atoms with van der Waals surface area (Å²) in [7, 11) is 2.23. The molecule has 23 heavy (non-hydrogen) atoms. The molecule has 0 spiro atoms. The van der Waals surface area contributed by atoms with Crippen molar-refractivity contribution in [3.8, 4) is 0 Å². The quantitative estimate of drug-likeness (QED) is 0.873. The lowest BCUT2D eigenvalue weighted by atomic mass is 10.1. The number of fused-ring (bicyclic) bond motifs is 1. The zero-order valence-corrected chi connectivity index (χ0v) is 14.4. The first-order valence-corrected chi connectivity index (χ1v) is 8.92. The summed E-state index contributed by atoms with van der Waals surface area (Å²) in [6, 6.07) is 4.72. The van der Waals surface area contributed by atoms with Crippen LogP contribution in [0, 0.1) is 0 Å². The fourth-order valence-electron chi connectivity index (χ4n) is 4.21. The van der Waals surface area contributed by atoms with E-state index >= 15 is 0 Å². The zero-order chi connectivity index (χ0) is 16.0. The SMILES string of the molecule is CC(C)N1CCC(c2nc3cccnc3n2C2CCCN2C)C1. The highest BCUT2D eigenvalue weighted by Crippen LogP contribution is 2.35. The van der Waals surface area contributed by atoms with Gasteiger partial charge in [0.1, 0.15) is 11.3 Å². The van der Waals surface area contributed by atoms with E-state index in [1.54, 1.807) is 0 Å². The van der Waals surface area contributed by atoms with Crippen molar-refractivity contribution in [3.63, 3.8) is 0 Å². The Hall–Kier alpha value is -1.46. The second-order valence-electron chi connectivity index (χ2n) is 7.36. The Labute approximate surface area is 138 Å². The molecular weight excluding hydrogens is 286 g/mol. The van der Waals surface area contributed by atoms with Crippen LogP contribution in [0.3, 0.4) is 0 Å². The van der Waals surface area contributed by atoms with Gasteiger partial charge in [0.25, 0.3) is 0 Å². The molecule has 2 aliphatic heterocycles. The van der Waals surface area contributed by atoms with Gasteiger partial charge in [-0.3, -0.25) is 9.47 Å². The molecule has 4 rings (SSSR count). The summed E-state index contributed by atoms with van der Waals surface area (Å²) >= 11 is 0. The van der Waals surface area contributed by atoms with Gasteiger partial charge in [-0.25, -0.2) is 9.97 Å². The predicted molar refractivity (Wildman–Crippen MR) is 92.5 cm³/mol. The van der Waals surface area contributed by atoms with Gasteiger partial charge in [-0.05, 0) is 65.4 Å². The van der Waals surface area contributed by atoms with Crippen molar-refractivity contribution in [2.75, 3.05) is 26.7 Å². The molecule has 2 fully saturated rings. The van der Waals surface area contributed by atoms with Crippen molar-refractivity contribution in [2.24, 2.45) is 0 Å². The number of pyridine rings is 1. The van der Waals surface area contributed by atoms with Crippen molar-refractivity contribution >= 4 is 11.2 Å². The Bertz CT molecular complexity index is 692. The highest BCUT2D eigenvalue weighted by Gasteiger charge is 2.33. The van der Waals surface area contributed by atoms with Crippen molar-refractivity contribution in [2.45, 2.75) is 51.2 Å². The first-order chi connectivity index (χ1) is 11.1. The number of hydrogen-bond acceptors (Lipinski definition) is 4. The molecule has 0 saturated carbocycles. The van der Waals surface area contributed by atoms with E-state index in [2.05, 4.69) is 46.3 Å². The highest BCUT2D eigenvalue weighted by atomic mass is 15.3. The van der Waals surface area contributed by atoms with Gasteiger partial charge in [0, 0.05) is 24.7 Å². The van der Waals surface area contributed by atoms with E-state index < -0.39 is 0 Å². The molecule has 5 heteroatoms. The highest BCUT2D eigenvalue weighted by molar-refractivity contribution is 5.71. The van der Waals surface area contributed by atoms with Gasteiger partial charge in [0.15, 0.2) is 5.65 Å². The van der Waals surface area contributed by atoms with Crippen LogP contribution < -0.4 is 0 Å². The Morgan fingerprint density at radius 1 is 1.22 bits per heavy atom. The predicted octanol–water partition coefficient (Wildman–Crippen LogP) is 2.85. The number of aromatic nitrogens is 3. The van der Waals surface area contributed by atoms with Crippen molar-refractivity contribution in [3.05, 3.63) is 24.2 Å². The van der Waals surface area contributed by atoms with Crippen LogP contribution in [0.25, 0.3) is 11.2 Å². The molecule has 0 bridgehead atoms. The van der Waals surface area contributed by atoms with Crippen LogP contribution in [-0.2, 0) is 0 Å². The first-order valence-electron chi connectivity index (χ1n) is 8.92. The van der Waals surface area contributed by atoms with Crippen molar-refractivity contribution in [1.82, 2.24) is 24.3 Å². The Balaban J connectivity index is 1.77. The van der Waals surface area contributed by atoms with Gasteiger partial charge < -0.3 is 4.90 Å². The monoisotopic (exact) mass is 313 g/mol. The lowest BCUT2D eigenvalue weighted by Crippen LogP contribution is -2.29. The minimum atomic E-state index is 0.415. The normalized spacial score (nSPS) is 26.8. The maximum Gasteiger partial charge on any atom is 0.161 e. The molecule has 0 aromatic carbocycles. The number of nitrogens with zero attached hydrogens (tertiary/aromatic N) is 5. The summed E-state index contributed by atoms with van der Waals surface area (Å²) in [5, 5.41) is 0. The van der Waals surface area contributed by atoms with Crippen molar-refractivity contribution in [1.29, 1.82) is 0 Å². The first kappa shape index (κ1) is 15.1. The summed E-state index contributed by atoms with van der Waals surface area (Å²) < 4.78 is 2.44. The average molecular weight is 313 g/mol. The summed E-state index contributed by atoms with van der Waals surface area (Å²) in [6.07, 6.45) is 5.98. The molecule has 0 N–H and O–H groups in total. The fraction of sp³-hybridized carbons (Fsp3) is 0.667. The van der Waals surface area contributed by atoms with Gasteiger partial charge in [-0.1, -0.05) is 0 Å². The van der Waals surface area contributed by atoms with E-state index in [0.717, 1.165) is 17.7 Å². The minimum absolute atomic E-state index is 0.415. The van der Waals surface area contributed by atoms with E-state index in [-0.39, 0.29) is 0 Å². The molecule has 5 nitrogen and oxygen atoms in total. The number of likely N-dealkylation sites (tertiary alicyclic amines) is 2. The van der Waals surface area contributed by atoms with Crippen LogP contribution in [0.15, 0.2) is 18.3 Å². The van der Waals surface area contributed by atoms with Gasteiger partial charge in [0.05, 0.1) is 6.17 Å². The lowest BCUT2D eigenvalue weighted by Gasteiger charge is -2.25. The van der Waals surface area contributed by atoms with Crippen LogP contribution in [0.5, 0.6) is 0 Å². The largest absolute Gasteiger partial charge is 0.300 e. The van der Waals surface area contributed by atoms with Crippen LogP contribution in [0.2, 0.25) is 0 Å². The topological polar surface area (TPSA) is 37.2 Å². The zero-order valence-electron chi connectivity index (χ0n) is 14.4. The summed E-state index contributed by atoms with van der Waals surface area (Å²) in [6.45, 7) is 8.05. The van der Waals surface area contributed by atoms with E-state index in [1.165, 1.54) is 38.2 Å². The maximum absolute atomic E-state index is 5.01. The second-order valence-corrected chi connectivity index (χ2v) is 7.36. The summed E-state index contributed by atoms with van der Waals surface area (Å²) in [5.41, 5.74) is 2.11. The third-order valence-electron chi connectivity index (χ3n) is 5.57. The molecule has 0 aliphatic carbocycles. The van der Waals surface area contributed by atoms with Gasteiger partial charge >= 0.3 is 0 Å². The Morgan fingerprint density at radius 2 is 2.09 bits per heavy atom. The van der Waals surface area contributed by atoms with E-state index in [9.17, 15) is 0 Å². The third-order valence-corrected chi connectivity index (χ3v) is 5.57. The number of rotatable bonds is 3. The van der Waals surface area contributed by atoms with Gasteiger partial charge in [-0.2, -0.15) is 0 Å². The maximum atomic E-state index is 5.01. The molecule has 0 radical (unpaired) electrons. The Kier molecular flexibility index (Phi) is 3.85. The summed E-state index contributed by atoms with van der Waals surface area (Å²) in [5.74, 6) is 1.78. The van der Waals surface area contributed by atoms with E-state index in [0.29, 0.717) is 18.1 Å². The molecule has 2 aliphatic rings. The number of hydrogen-bond donors (Lipinski definition) is 0. The average Bonchev–Trinajstić information content (AvgIpc) is 3.23. The van der Waals surface area contributed by atoms with Gasteiger partial charge in [0.2, 0.25) is 0 Å². The third kappa shape index (κ3) is 2.56. The Morgan fingerprint density at radius 3 is 2.78 bits per heavy atom. The fourth-order valence-corrected chi connectivity index (χ4v) is 4.21. The van der Waals surface area contributed by atoms with E-state index in [1.807, 2.05) is 12.3 Å². The molecule has 0 amide bonds. The molecule has 124 valence electrons. The molecule has 4 heterocycles. The van der Waals surface area contributed by atoms with Crippen molar-refractivity contribution < 1.29 is 0 Å². The molecule has 2 unspecified atom stereocenters. The second kappa shape index (κ2) is 5.87. The van der Waals surface area contributed by atoms with Crippen LogP contribution in [0.1, 0.15) is 51.0 Å². The molecule has 2 aromatic heterocycles. The molecule has 2 atom stereocenters. The standard InChI is InChI=1S/C18H27N5/c1-13(2)22-11-8-14(12-22)17-20-15-6-4-9-19-18(15)23(17)16-7-5-10-21(16)3/h4,6,9,13-14,16H,5,7-8,10-12H2,1-3H3. The lowest BCUT2D eigenvalue weighted by molar-refractivity contribution is 0.232.